The minimum atomic E-state index is -1.54. The van der Waals surface area contributed by atoms with Crippen molar-refractivity contribution in [2.24, 2.45) is 0 Å². The molecule has 87 heavy (non-hydrogen) atoms. The minimum Gasteiger partial charge on any atom is -0.477 e. The molecular formula is C78H126NO8+. The summed E-state index contributed by atoms with van der Waals surface area (Å²) >= 11 is 0. The molecule has 0 heterocycles. The summed E-state index contributed by atoms with van der Waals surface area (Å²) in [5, 5.41) is 9.74. The fraction of sp³-hybridized carbons (Fsp3) is 0.603. The molecule has 1 N–H and O–H groups in total. The highest BCUT2D eigenvalue weighted by molar-refractivity contribution is 5.71. The van der Waals surface area contributed by atoms with E-state index in [9.17, 15) is 19.5 Å². The van der Waals surface area contributed by atoms with Gasteiger partial charge in [0, 0.05) is 12.8 Å². The predicted octanol–water partition coefficient (Wildman–Crippen LogP) is 21.5. The van der Waals surface area contributed by atoms with Crippen molar-refractivity contribution in [2.45, 2.75) is 257 Å². The Hall–Kier alpha value is -5.35. The van der Waals surface area contributed by atoms with E-state index in [-0.39, 0.29) is 38.6 Å². The van der Waals surface area contributed by atoms with Crippen molar-refractivity contribution in [1.82, 2.24) is 0 Å². The van der Waals surface area contributed by atoms with Gasteiger partial charge in [0.15, 0.2) is 6.10 Å². The van der Waals surface area contributed by atoms with Crippen molar-refractivity contribution in [1.29, 1.82) is 0 Å². The van der Waals surface area contributed by atoms with E-state index in [4.69, 9.17) is 18.9 Å². The third-order valence-electron chi connectivity index (χ3n) is 14.0. The first-order valence-electron chi connectivity index (χ1n) is 34.3. The van der Waals surface area contributed by atoms with Gasteiger partial charge in [-0.2, -0.15) is 0 Å². The highest BCUT2D eigenvalue weighted by Crippen LogP contribution is 2.16. The standard InChI is InChI=1S/C78H125NO8/c1-6-8-10-12-14-16-18-20-22-24-26-28-30-32-34-36-37-38-39-41-42-44-46-48-50-52-54-56-58-60-62-64-66-68-75(80)85-72-74(73-86-78(77(82)83)84-71-70-79(3,4)5)87-76(81)69-67-65-63-61-59-57-55-53-51-49-47-45-43-40-35-33-31-29-27-25-23-21-19-17-15-13-11-9-7-2/h8-11,14-17,20-23,26-29,32-35,43,45,49,51,55,57,61,63,74,78H,6-7,12-13,18-19,24-25,30-31,36-42,44,46-48,50,52-54,56,58-60,62,64-73H2,1-5H3/p+1/b10-8-,11-9-,16-14-,17-15-,22-20-,23-21-,28-26-,29-27-,34-32-,35-33-,45-43-,51-49-,57-55-,63-61-. The van der Waals surface area contributed by atoms with Crippen LogP contribution in [0.5, 0.6) is 0 Å². The van der Waals surface area contributed by atoms with Gasteiger partial charge in [-0.1, -0.05) is 280 Å². The molecule has 0 spiro atoms. The van der Waals surface area contributed by atoms with E-state index in [0.29, 0.717) is 23.9 Å². The third-order valence-corrected chi connectivity index (χ3v) is 14.0. The van der Waals surface area contributed by atoms with Gasteiger partial charge in [0.2, 0.25) is 0 Å². The molecule has 490 valence electrons. The number of rotatable bonds is 61. The van der Waals surface area contributed by atoms with E-state index in [2.05, 4.69) is 184 Å². The van der Waals surface area contributed by atoms with Gasteiger partial charge >= 0.3 is 17.9 Å². The van der Waals surface area contributed by atoms with Gasteiger partial charge in [-0.05, 0) is 122 Å². The average Bonchev–Trinajstić information content (AvgIpc) is 3.57. The number of esters is 2. The molecule has 0 bridgehead atoms. The van der Waals surface area contributed by atoms with Crippen LogP contribution in [0.25, 0.3) is 0 Å². The summed E-state index contributed by atoms with van der Waals surface area (Å²) in [7, 11) is 5.95. The molecule has 9 nitrogen and oxygen atoms in total. The average molecular weight is 1210 g/mol. The number of carbonyl (C=O) groups is 3. The lowest BCUT2D eigenvalue weighted by molar-refractivity contribution is -0.870. The second kappa shape index (κ2) is 66.6. The Balaban J connectivity index is 4.25. The van der Waals surface area contributed by atoms with Crippen LogP contribution in [0.1, 0.15) is 245 Å². The minimum absolute atomic E-state index is 0.168. The number of quaternary nitrogens is 1. The number of aliphatic carboxylic acids is 1. The number of unbranched alkanes of at least 4 members (excludes halogenated alkanes) is 18. The molecule has 0 saturated heterocycles. The van der Waals surface area contributed by atoms with Crippen molar-refractivity contribution in [3.05, 3.63) is 170 Å². The molecule has 0 saturated carbocycles. The van der Waals surface area contributed by atoms with Crippen LogP contribution in [0.2, 0.25) is 0 Å². The van der Waals surface area contributed by atoms with Gasteiger partial charge in [0.1, 0.15) is 13.2 Å². The molecule has 0 aliphatic carbocycles. The zero-order valence-electron chi connectivity index (χ0n) is 55.9. The summed E-state index contributed by atoms with van der Waals surface area (Å²) < 4.78 is 22.9. The molecular weight excluding hydrogens is 1080 g/mol. The fourth-order valence-corrected chi connectivity index (χ4v) is 8.81. The normalized spacial score (nSPS) is 13.8. The number of carbonyl (C=O) groups excluding carboxylic acids is 2. The molecule has 0 aliphatic heterocycles. The van der Waals surface area contributed by atoms with E-state index >= 15 is 0 Å². The smallest absolute Gasteiger partial charge is 0.361 e. The van der Waals surface area contributed by atoms with Crippen molar-refractivity contribution in [2.75, 3.05) is 47.5 Å². The van der Waals surface area contributed by atoms with Gasteiger partial charge in [0.05, 0.1) is 34.4 Å². The third kappa shape index (κ3) is 68.0. The van der Waals surface area contributed by atoms with Crippen LogP contribution in [0, 0.1) is 0 Å². The summed E-state index contributed by atoms with van der Waals surface area (Å²) in [6.45, 7) is 4.57. The van der Waals surface area contributed by atoms with Crippen LogP contribution in [-0.2, 0) is 33.3 Å². The molecule has 0 aromatic heterocycles. The van der Waals surface area contributed by atoms with Gasteiger partial charge in [0.25, 0.3) is 6.29 Å². The van der Waals surface area contributed by atoms with Crippen LogP contribution in [0.4, 0.5) is 0 Å². The van der Waals surface area contributed by atoms with Crippen LogP contribution in [-0.4, -0.2) is 87.4 Å². The summed E-state index contributed by atoms with van der Waals surface area (Å²) in [5.74, 6) is -2.10. The molecule has 2 unspecified atom stereocenters. The summed E-state index contributed by atoms with van der Waals surface area (Å²) in [6.07, 6.45) is 97.6. The Morgan fingerprint density at radius 1 is 0.345 bits per heavy atom. The molecule has 0 radical (unpaired) electrons. The molecule has 0 fully saturated rings. The molecule has 0 aromatic rings. The maximum atomic E-state index is 12.9. The quantitative estimate of drug-likeness (QED) is 0.0211. The Morgan fingerprint density at radius 3 is 0.954 bits per heavy atom. The van der Waals surface area contributed by atoms with Crippen LogP contribution < -0.4 is 0 Å². The van der Waals surface area contributed by atoms with Crippen LogP contribution >= 0.6 is 0 Å². The van der Waals surface area contributed by atoms with E-state index in [1.54, 1.807) is 0 Å². The number of hydrogen-bond donors (Lipinski definition) is 1. The van der Waals surface area contributed by atoms with E-state index in [1.165, 1.54) is 96.3 Å². The number of carboxylic acid groups (broad SMARTS) is 1. The molecule has 0 amide bonds. The van der Waals surface area contributed by atoms with Gasteiger partial charge in [-0.15, -0.1) is 0 Å². The molecule has 0 aliphatic rings. The summed E-state index contributed by atoms with van der Waals surface area (Å²) in [4.78, 5) is 37.6. The molecule has 0 aromatic carbocycles. The summed E-state index contributed by atoms with van der Waals surface area (Å²) in [6, 6.07) is 0. The second-order valence-electron chi connectivity index (χ2n) is 23.4. The fourth-order valence-electron chi connectivity index (χ4n) is 8.81. The summed E-state index contributed by atoms with van der Waals surface area (Å²) in [5.41, 5.74) is 0. The second-order valence-corrected chi connectivity index (χ2v) is 23.4. The Labute approximate surface area is 533 Å². The number of allylic oxidation sites excluding steroid dienone is 28. The monoisotopic (exact) mass is 1200 g/mol. The molecule has 9 heteroatoms. The zero-order valence-corrected chi connectivity index (χ0v) is 55.9. The highest BCUT2D eigenvalue weighted by atomic mass is 16.7. The number of hydrogen-bond acceptors (Lipinski definition) is 7. The molecule has 2 atom stereocenters. The zero-order chi connectivity index (χ0) is 63.3. The highest BCUT2D eigenvalue weighted by Gasteiger charge is 2.25. The maximum absolute atomic E-state index is 12.9. The van der Waals surface area contributed by atoms with Crippen molar-refractivity contribution in [3.8, 4) is 0 Å². The van der Waals surface area contributed by atoms with Gasteiger partial charge < -0.3 is 28.5 Å². The number of likely N-dealkylation sites (N-methyl/N-ethyl adjacent to an activating group) is 1. The van der Waals surface area contributed by atoms with Crippen LogP contribution in [0.3, 0.4) is 0 Å². The first-order chi connectivity index (χ1) is 42.6. The maximum Gasteiger partial charge on any atom is 0.361 e. The lowest BCUT2D eigenvalue weighted by Gasteiger charge is -2.25. The molecule has 0 rings (SSSR count). The largest absolute Gasteiger partial charge is 0.477 e. The SMILES string of the molecule is CC/C=C\C/C=C\C/C=C\C/C=C\C/C=C\C/C=C\C/C=C\C/C=C\C/C=C\CCCC(=O)OC(COC(=O)CCCCCCCCCCCCCCCCCCC/C=C\C/C=C\C/C=C\C/C=C\C/C=C\CC)COC(OCC[N+](C)(C)C)C(=O)O. The Morgan fingerprint density at radius 2 is 0.632 bits per heavy atom. The van der Waals surface area contributed by atoms with Crippen molar-refractivity contribution in [3.63, 3.8) is 0 Å². The first-order valence-corrected chi connectivity index (χ1v) is 34.3. The Kier molecular flexibility index (Phi) is 62.5. The van der Waals surface area contributed by atoms with E-state index in [1.807, 2.05) is 21.1 Å². The number of carboxylic acids is 1. The van der Waals surface area contributed by atoms with E-state index in [0.717, 1.165) is 109 Å². The van der Waals surface area contributed by atoms with E-state index < -0.39 is 24.3 Å². The van der Waals surface area contributed by atoms with Crippen molar-refractivity contribution < 1.29 is 42.9 Å². The van der Waals surface area contributed by atoms with Gasteiger partial charge in [-0.3, -0.25) is 9.59 Å². The van der Waals surface area contributed by atoms with Crippen molar-refractivity contribution >= 4 is 17.9 Å². The Bertz CT molecular complexity index is 2030. The lowest BCUT2D eigenvalue weighted by Crippen LogP contribution is -2.40. The predicted molar refractivity (Wildman–Crippen MR) is 373 cm³/mol. The van der Waals surface area contributed by atoms with Gasteiger partial charge in [-0.25, -0.2) is 4.79 Å². The first kappa shape index (κ1) is 81.7. The number of ether oxygens (including phenoxy) is 4. The topological polar surface area (TPSA) is 108 Å². The van der Waals surface area contributed by atoms with Crippen LogP contribution in [0.15, 0.2) is 170 Å². The number of nitrogens with zero attached hydrogens (tertiary/aromatic N) is 1. The lowest BCUT2D eigenvalue weighted by atomic mass is 10.0.